The van der Waals surface area contributed by atoms with Crippen molar-refractivity contribution in [1.29, 1.82) is 0 Å². The third kappa shape index (κ3) is 5.69. The van der Waals surface area contributed by atoms with Crippen LogP contribution in [0.3, 0.4) is 0 Å². The van der Waals surface area contributed by atoms with Crippen molar-refractivity contribution in [2.45, 2.75) is 30.3 Å². The summed E-state index contributed by atoms with van der Waals surface area (Å²) >= 11 is 1.48. The Morgan fingerprint density at radius 3 is 2.59 bits per heavy atom. The maximum absolute atomic E-state index is 12.2. The summed E-state index contributed by atoms with van der Waals surface area (Å²) in [7, 11) is -3.81. The number of nitrogens with zero attached hydrogens (tertiary/aromatic N) is 2. The largest absolute Gasteiger partial charge is 0.326 e. The third-order valence-corrected chi connectivity index (χ3v) is 5.98. The summed E-state index contributed by atoms with van der Waals surface area (Å²) in [4.78, 5) is 16.6. The van der Waals surface area contributed by atoms with Crippen molar-refractivity contribution in [3.63, 3.8) is 0 Å². The topological polar surface area (TPSA) is 107 Å². The van der Waals surface area contributed by atoms with Crippen molar-refractivity contribution in [3.05, 3.63) is 66.0 Å². The first-order valence-electron chi connectivity index (χ1n) is 8.90. The maximum Gasteiger partial charge on any atom is 0.238 e. The maximum atomic E-state index is 12.2. The number of rotatable bonds is 7. The Kier molecular flexibility index (Phi) is 6.41. The van der Waals surface area contributed by atoms with E-state index in [0.717, 1.165) is 10.8 Å². The highest BCUT2D eigenvalue weighted by atomic mass is 32.2. The predicted octanol–water partition coefficient (Wildman–Crippen LogP) is 3.26. The number of carbonyl (C=O) groups excluding carboxylic acids is 1. The Balaban J connectivity index is 1.60. The van der Waals surface area contributed by atoms with Crippen molar-refractivity contribution < 1.29 is 13.2 Å². The summed E-state index contributed by atoms with van der Waals surface area (Å²) in [6.07, 6.45) is 3.89. The Labute approximate surface area is 174 Å². The Hall–Kier alpha value is -2.62. The number of hydrogen-bond acceptors (Lipinski definition) is 5. The predicted molar refractivity (Wildman–Crippen MR) is 115 cm³/mol. The molecule has 0 saturated carbocycles. The van der Waals surface area contributed by atoms with Gasteiger partial charge in [-0.2, -0.15) is 0 Å². The molecule has 3 rings (SSSR count). The zero-order valence-electron chi connectivity index (χ0n) is 16.1. The number of anilines is 1. The lowest BCUT2D eigenvalue weighted by atomic mass is 10.1. The summed E-state index contributed by atoms with van der Waals surface area (Å²) in [6.45, 7) is 4.10. The van der Waals surface area contributed by atoms with Crippen molar-refractivity contribution in [3.8, 4) is 5.69 Å². The molecule has 0 bridgehead atoms. The van der Waals surface area contributed by atoms with E-state index < -0.39 is 10.0 Å². The van der Waals surface area contributed by atoms with E-state index >= 15 is 0 Å². The molecule has 0 aliphatic heterocycles. The van der Waals surface area contributed by atoms with Crippen LogP contribution in [0.2, 0.25) is 0 Å². The fraction of sp³-hybridized carbons (Fsp3) is 0.200. The molecule has 29 heavy (non-hydrogen) atoms. The van der Waals surface area contributed by atoms with Crippen LogP contribution in [-0.4, -0.2) is 29.6 Å². The van der Waals surface area contributed by atoms with Crippen LogP contribution in [0.15, 0.2) is 64.9 Å². The van der Waals surface area contributed by atoms with Crippen LogP contribution in [0.1, 0.15) is 17.5 Å². The first kappa shape index (κ1) is 21.1. The number of nitrogens with one attached hydrogen (secondary N) is 1. The molecule has 7 nitrogen and oxygen atoms in total. The molecule has 152 valence electrons. The number of imidazole rings is 1. The van der Waals surface area contributed by atoms with Crippen LogP contribution in [0.5, 0.6) is 0 Å². The van der Waals surface area contributed by atoms with E-state index in [1.165, 1.54) is 41.1 Å². The first-order valence-corrected chi connectivity index (χ1v) is 11.4. The van der Waals surface area contributed by atoms with Crippen LogP contribution in [0.25, 0.3) is 5.69 Å². The summed E-state index contributed by atoms with van der Waals surface area (Å²) < 4.78 is 24.8. The number of aryl methyl sites for hydroxylation is 2. The molecule has 0 saturated heterocycles. The normalized spacial score (nSPS) is 11.4. The van der Waals surface area contributed by atoms with Crippen molar-refractivity contribution in [1.82, 2.24) is 9.55 Å². The van der Waals surface area contributed by atoms with Gasteiger partial charge in [-0.05, 0) is 55.3 Å². The van der Waals surface area contributed by atoms with Crippen LogP contribution in [0.4, 0.5) is 5.69 Å². The lowest BCUT2D eigenvalue weighted by Gasteiger charge is -2.10. The van der Waals surface area contributed by atoms with Crippen LogP contribution >= 0.6 is 11.8 Å². The number of amides is 1. The monoisotopic (exact) mass is 430 g/mol. The molecule has 1 amide bonds. The minimum absolute atomic E-state index is 0.0415. The number of aromatic nitrogens is 2. The summed E-state index contributed by atoms with van der Waals surface area (Å²) in [5.74, 6) is 0.316. The fourth-order valence-electron chi connectivity index (χ4n) is 2.89. The average molecular weight is 431 g/mol. The standard InChI is InChI=1S/C20H22N4O3S2/c1-14-10-15(2)12-17(11-14)24-8-7-22-20(24)28-9-6-19(25)23-16-4-3-5-18(13-16)29(21,26)27/h3-5,7-8,10-13H,6,9H2,1-2H3,(H,23,25)(H2,21,26,27). The van der Waals surface area contributed by atoms with Crippen LogP contribution in [-0.2, 0) is 14.8 Å². The molecule has 2 aromatic carbocycles. The molecule has 0 aliphatic carbocycles. The lowest BCUT2D eigenvalue weighted by Crippen LogP contribution is -2.15. The van der Waals surface area contributed by atoms with Gasteiger partial charge in [-0.3, -0.25) is 9.36 Å². The Morgan fingerprint density at radius 2 is 1.90 bits per heavy atom. The Morgan fingerprint density at radius 1 is 1.17 bits per heavy atom. The molecule has 9 heteroatoms. The molecule has 0 fully saturated rings. The van der Waals surface area contributed by atoms with Crippen molar-refractivity contribution in [2.75, 3.05) is 11.1 Å². The summed E-state index contributed by atoms with van der Waals surface area (Å²) in [6, 6.07) is 12.2. The van der Waals surface area contributed by atoms with Gasteiger partial charge in [0.1, 0.15) is 0 Å². The van der Waals surface area contributed by atoms with E-state index in [4.69, 9.17) is 5.14 Å². The minimum Gasteiger partial charge on any atom is -0.326 e. The van der Waals surface area contributed by atoms with Gasteiger partial charge in [0.05, 0.1) is 4.90 Å². The molecule has 0 unspecified atom stereocenters. The quantitative estimate of drug-likeness (QED) is 0.560. The summed E-state index contributed by atoms with van der Waals surface area (Å²) in [5.41, 5.74) is 3.77. The molecule has 0 aliphatic rings. The van der Waals surface area contributed by atoms with E-state index in [9.17, 15) is 13.2 Å². The molecule has 0 atom stereocenters. The highest BCUT2D eigenvalue weighted by molar-refractivity contribution is 7.99. The van der Waals surface area contributed by atoms with E-state index in [-0.39, 0.29) is 17.2 Å². The van der Waals surface area contributed by atoms with Gasteiger partial charge in [0.15, 0.2) is 5.16 Å². The third-order valence-electron chi connectivity index (χ3n) is 4.10. The van der Waals surface area contributed by atoms with Gasteiger partial charge in [0.2, 0.25) is 15.9 Å². The fourth-order valence-corrected chi connectivity index (χ4v) is 4.36. The van der Waals surface area contributed by atoms with E-state index in [1.54, 1.807) is 12.3 Å². The number of sulfonamides is 1. The highest BCUT2D eigenvalue weighted by Gasteiger charge is 2.11. The lowest BCUT2D eigenvalue weighted by molar-refractivity contribution is -0.115. The molecule has 3 aromatic rings. The molecular weight excluding hydrogens is 408 g/mol. The zero-order chi connectivity index (χ0) is 21.0. The molecule has 1 heterocycles. The number of thioether (sulfide) groups is 1. The number of benzene rings is 2. The molecule has 1 aromatic heterocycles. The number of primary sulfonamides is 1. The van der Waals surface area contributed by atoms with Crippen LogP contribution in [0, 0.1) is 13.8 Å². The van der Waals surface area contributed by atoms with Gasteiger partial charge in [-0.15, -0.1) is 0 Å². The zero-order valence-corrected chi connectivity index (χ0v) is 17.8. The second kappa shape index (κ2) is 8.81. The van der Waals surface area contributed by atoms with Crippen molar-refractivity contribution >= 4 is 33.4 Å². The van der Waals surface area contributed by atoms with Gasteiger partial charge < -0.3 is 5.32 Å². The second-order valence-corrected chi connectivity index (χ2v) is 9.27. The molecule has 0 radical (unpaired) electrons. The van der Waals surface area contributed by atoms with Gasteiger partial charge in [-0.1, -0.05) is 23.9 Å². The van der Waals surface area contributed by atoms with E-state index in [1.807, 2.05) is 10.8 Å². The molecular formula is C20H22N4O3S2. The molecule has 0 spiro atoms. The van der Waals surface area contributed by atoms with Gasteiger partial charge in [-0.25, -0.2) is 18.5 Å². The van der Waals surface area contributed by atoms with Gasteiger partial charge >= 0.3 is 0 Å². The van der Waals surface area contributed by atoms with Crippen LogP contribution < -0.4 is 10.5 Å². The minimum atomic E-state index is -3.81. The Bertz CT molecular complexity index is 1120. The van der Waals surface area contributed by atoms with E-state index in [2.05, 4.69) is 42.3 Å². The highest BCUT2D eigenvalue weighted by Crippen LogP contribution is 2.23. The number of carbonyl (C=O) groups is 1. The van der Waals surface area contributed by atoms with E-state index in [0.29, 0.717) is 11.4 Å². The smallest absolute Gasteiger partial charge is 0.238 e. The number of hydrogen-bond donors (Lipinski definition) is 2. The SMILES string of the molecule is Cc1cc(C)cc(-n2ccnc2SCCC(=O)Nc2cccc(S(N)(=O)=O)c2)c1. The second-order valence-electron chi connectivity index (χ2n) is 6.65. The first-order chi connectivity index (χ1) is 13.7. The molecule has 3 N–H and O–H groups in total. The van der Waals surface area contributed by atoms with Crippen molar-refractivity contribution in [2.24, 2.45) is 5.14 Å². The van der Waals surface area contributed by atoms with Gasteiger partial charge in [0.25, 0.3) is 0 Å². The van der Waals surface area contributed by atoms with Gasteiger partial charge in [0, 0.05) is 35.9 Å². The number of nitrogens with two attached hydrogens (primary N) is 1. The average Bonchev–Trinajstić information content (AvgIpc) is 3.09. The summed E-state index contributed by atoms with van der Waals surface area (Å²) in [5, 5.41) is 8.62.